The third-order valence-corrected chi connectivity index (χ3v) is 3.93. The Morgan fingerprint density at radius 3 is 2.58 bits per heavy atom. The number of hydrogen-bond donors (Lipinski definition) is 0. The van der Waals surface area contributed by atoms with E-state index in [1.165, 1.54) is 0 Å². The predicted octanol–water partition coefficient (Wildman–Crippen LogP) is 0.855. The Labute approximate surface area is 118 Å². The van der Waals surface area contributed by atoms with Crippen molar-refractivity contribution in [3.63, 3.8) is 0 Å². The first-order valence-electron chi connectivity index (χ1n) is 6.94. The third-order valence-electron chi connectivity index (χ3n) is 3.70. The number of alkyl halides is 1. The van der Waals surface area contributed by atoms with Gasteiger partial charge < -0.3 is 14.5 Å². The van der Waals surface area contributed by atoms with Crippen LogP contribution in [0.25, 0.3) is 0 Å². The molecule has 0 saturated carbocycles. The van der Waals surface area contributed by atoms with Gasteiger partial charge >= 0.3 is 0 Å². The van der Waals surface area contributed by atoms with E-state index in [0.717, 1.165) is 45.4 Å². The van der Waals surface area contributed by atoms with Crippen LogP contribution >= 0.6 is 11.6 Å². The van der Waals surface area contributed by atoms with Gasteiger partial charge in [0.15, 0.2) is 0 Å². The molecule has 2 aliphatic heterocycles. The van der Waals surface area contributed by atoms with E-state index in [1.807, 2.05) is 4.90 Å². The summed E-state index contributed by atoms with van der Waals surface area (Å²) in [5.74, 6) is -0.251. The molecule has 2 heterocycles. The van der Waals surface area contributed by atoms with Crippen molar-refractivity contribution in [1.29, 1.82) is 0 Å². The molecule has 19 heavy (non-hydrogen) atoms. The van der Waals surface area contributed by atoms with Crippen LogP contribution in [-0.2, 0) is 14.3 Å². The molecule has 0 N–H and O–H groups in total. The summed E-state index contributed by atoms with van der Waals surface area (Å²) in [6.07, 6.45) is 4.14. The highest BCUT2D eigenvalue weighted by Crippen LogP contribution is 2.14. The maximum atomic E-state index is 12.1. The molecule has 0 aromatic heterocycles. The fraction of sp³-hybridized carbons (Fsp3) is 0.846. The Bertz CT molecular complexity index is 326. The van der Waals surface area contributed by atoms with Gasteiger partial charge in [-0.2, -0.15) is 0 Å². The van der Waals surface area contributed by atoms with E-state index in [0.29, 0.717) is 6.54 Å². The van der Waals surface area contributed by atoms with E-state index in [-0.39, 0.29) is 30.3 Å². The summed E-state index contributed by atoms with van der Waals surface area (Å²) in [4.78, 5) is 27.3. The van der Waals surface area contributed by atoms with E-state index in [4.69, 9.17) is 16.3 Å². The number of amides is 2. The van der Waals surface area contributed by atoms with Crippen LogP contribution in [-0.4, -0.2) is 66.4 Å². The molecule has 5 nitrogen and oxygen atoms in total. The lowest BCUT2D eigenvalue weighted by molar-refractivity contribution is -0.139. The van der Waals surface area contributed by atoms with Crippen LogP contribution in [0.15, 0.2) is 0 Å². The van der Waals surface area contributed by atoms with Crippen molar-refractivity contribution in [1.82, 2.24) is 9.80 Å². The molecule has 108 valence electrons. The largest absolute Gasteiger partial charge is 0.376 e. The van der Waals surface area contributed by atoms with Gasteiger partial charge in [0.25, 0.3) is 0 Å². The Morgan fingerprint density at radius 2 is 2.00 bits per heavy atom. The lowest BCUT2D eigenvalue weighted by atomic mass is 10.2. The van der Waals surface area contributed by atoms with Gasteiger partial charge in [-0.3, -0.25) is 9.59 Å². The van der Waals surface area contributed by atoms with Gasteiger partial charge in [0.1, 0.15) is 5.88 Å². The molecule has 1 atom stereocenters. The predicted molar refractivity (Wildman–Crippen MR) is 72.1 cm³/mol. The van der Waals surface area contributed by atoms with Gasteiger partial charge in [-0.05, 0) is 25.7 Å². The summed E-state index contributed by atoms with van der Waals surface area (Å²) >= 11 is 5.62. The number of rotatable bonds is 5. The van der Waals surface area contributed by atoms with Crippen LogP contribution in [0.1, 0.15) is 25.7 Å². The van der Waals surface area contributed by atoms with Crippen molar-refractivity contribution in [2.75, 3.05) is 38.7 Å². The van der Waals surface area contributed by atoms with Gasteiger partial charge in [0.05, 0.1) is 12.6 Å². The normalized spacial score (nSPS) is 22.8. The summed E-state index contributed by atoms with van der Waals surface area (Å²) < 4.78 is 5.52. The van der Waals surface area contributed by atoms with Crippen molar-refractivity contribution in [2.45, 2.75) is 31.8 Å². The molecule has 2 saturated heterocycles. The highest BCUT2D eigenvalue weighted by atomic mass is 35.5. The van der Waals surface area contributed by atoms with Crippen LogP contribution in [0.2, 0.25) is 0 Å². The molecule has 0 aliphatic carbocycles. The van der Waals surface area contributed by atoms with E-state index in [9.17, 15) is 9.59 Å². The van der Waals surface area contributed by atoms with Crippen molar-refractivity contribution in [3.05, 3.63) is 0 Å². The number of carbonyl (C=O) groups is 2. The van der Waals surface area contributed by atoms with Crippen LogP contribution in [0.4, 0.5) is 0 Å². The summed E-state index contributed by atoms with van der Waals surface area (Å²) in [5.41, 5.74) is 0. The monoisotopic (exact) mass is 288 g/mol. The van der Waals surface area contributed by atoms with E-state index in [2.05, 4.69) is 0 Å². The Kier molecular flexibility index (Phi) is 5.45. The molecule has 0 bridgehead atoms. The second-order valence-electron chi connectivity index (χ2n) is 5.13. The fourth-order valence-electron chi connectivity index (χ4n) is 2.60. The topological polar surface area (TPSA) is 49.9 Å². The minimum absolute atomic E-state index is 0.0222. The van der Waals surface area contributed by atoms with Crippen molar-refractivity contribution >= 4 is 23.4 Å². The third kappa shape index (κ3) is 4.08. The number of nitrogens with zero attached hydrogens (tertiary/aromatic N) is 2. The quantitative estimate of drug-likeness (QED) is 0.705. The second kappa shape index (κ2) is 7.10. The van der Waals surface area contributed by atoms with Crippen LogP contribution < -0.4 is 0 Å². The van der Waals surface area contributed by atoms with Gasteiger partial charge in [0, 0.05) is 26.2 Å². The SMILES string of the molecule is O=C(CN(CC1CCCO1)C(=O)CCl)N1CCCC1. The average molecular weight is 289 g/mol. The highest BCUT2D eigenvalue weighted by Gasteiger charge is 2.26. The minimum atomic E-state index is -0.190. The number of halogens is 1. The van der Waals surface area contributed by atoms with Crippen LogP contribution in [0.3, 0.4) is 0 Å². The lowest BCUT2D eigenvalue weighted by Gasteiger charge is -2.26. The molecular formula is C13H21ClN2O3. The number of hydrogen-bond acceptors (Lipinski definition) is 3. The molecule has 0 aromatic carbocycles. The van der Waals surface area contributed by atoms with E-state index >= 15 is 0 Å². The first kappa shape index (κ1) is 14.6. The number of ether oxygens (including phenoxy) is 1. The molecule has 2 aliphatic rings. The van der Waals surface area contributed by atoms with Crippen LogP contribution in [0.5, 0.6) is 0 Å². The van der Waals surface area contributed by atoms with Crippen LogP contribution in [0, 0.1) is 0 Å². The maximum absolute atomic E-state index is 12.1. The Hall–Kier alpha value is -0.810. The first-order chi connectivity index (χ1) is 9.20. The zero-order chi connectivity index (χ0) is 13.7. The number of carbonyl (C=O) groups excluding carboxylic acids is 2. The second-order valence-corrected chi connectivity index (χ2v) is 5.40. The van der Waals surface area contributed by atoms with Gasteiger partial charge in [-0.1, -0.05) is 0 Å². The molecule has 2 amide bonds. The van der Waals surface area contributed by atoms with Gasteiger partial charge in [-0.25, -0.2) is 0 Å². The number of likely N-dealkylation sites (tertiary alicyclic amines) is 1. The molecule has 0 radical (unpaired) electrons. The fourth-order valence-corrected chi connectivity index (χ4v) is 2.77. The molecule has 0 aromatic rings. The van der Waals surface area contributed by atoms with Gasteiger partial charge in [-0.15, -0.1) is 11.6 Å². The average Bonchev–Trinajstić information content (AvgIpc) is 3.09. The summed E-state index contributed by atoms with van der Waals surface area (Å²) in [7, 11) is 0. The lowest BCUT2D eigenvalue weighted by Crippen LogP contribution is -2.45. The van der Waals surface area contributed by atoms with E-state index in [1.54, 1.807) is 4.90 Å². The smallest absolute Gasteiger partial charge is 0.242 e. The zero-order valence-corrected chi connectivity index (χ0v) is 11.9. The summed E-state index contributed by atoms with van der Waals surface area (Å²) in [6, 6.07) is 0. The van der Waals surface area contributed by atoms with Crippen molar-refractivity contribution < 1.29 is 14.3 Å². The van der Waals surface area contributed by atoms with Crippen molar-refractivity contribution in [2.24, 2.45) is 0 Å². The van der Waals surface area contributed by atoms with E-state index < -0.39 is 0 Å². The molecule has 0 spiro atoms. The maximum Gasteiger partial charge on any atom is 0.242 e. The molecule has 2 fully saturated rings. The Morgan fingerprint density at radius 1 is 1.26 bits per heavy atom. The standard InChI is InChI=1S/C13H21ClN2O3/c14-8-12(17)16(9-11-4-3-7-19-11)10-13(18)15-5-1-2-6-15/h11H,1-10H2. The minimum Gasteiger partial charge on any atom is -0.376 e. The molecule has 1 unspecified atom stereocenters. The molecule has 6 heteroatoms. The first-order valence-corrected chi connectivity index (χ1v) is 7.47. The Balaban J connectivity index is 1.88. The summed E-state index contributed by atoms with van der Waals surface area (Å²) in [5, 5.41) is 0. The molecular weight excluding hydrogens is 268 g/mol. The molecule has 2 rings (SSSR count). The van der Waals surface area contributed by atoms with Crippen molar-refractivity contribution in [3.8, 4) is 0 Å². The summed E-state index contributed by atoms with van der Waals surface area (Å²) in [6.45, 7) is 2.97. The van der Waals surface area contributed by atoms with Gasteiger partial charge in [0.2, 0.25) is 11.8 Å². The zero-order valence-electron chi connectivity index (χ0n) is 11.1. The highest BCUT2D eigenvalue weighted by molar-refractivity contribution is 6.27.